The van der Waals surface area contributed by atoms with Crippen molar-refractivity contribution in [3.63, 3.8) is 0 Å². The van der Waals surface area contributed by atoms with Crippen LogP contribution in [-0.4, -0.2) is 36.2 Å². The number of hydrogen-bond acceptors (Lipinski definition) is 3. The molecule has 1 aromatic heterocycles. The van der Waals surface area contributed by atoms with Crippen LogP contribution in [0.2, 0.25) is 25.7 Å². The fourth-order valence-corrected chi connectivity index (χ4v) is 3.10. The van der Waals surface area contributed by atoms with Crippen molar-refractivity contribution in [1.82, 2.24) is 14.9 Å². The zero-order valence-corrected chi connectivity index (χ0v) is 13.8. The Kier molecular flexibility index (Phi) is 4.65. The Morgan fingerprint density at radius 1 is 1.50 bits per heavy atom. The molecule has 2 heterocycles. The Morgan fingerprint density at radius 3 is 2.85 bits per heavy atom. The lowest BCUT2D eigenvalue weighted by Crippen LogP contribution is -2.24. The maximum Gasteiger partial charge on any atom is 0.220 e. The number of imidazole rings is 1. The zero-order chi connectivity index (χ0) is 14.8. The van der Waals surface area contributed by atoms with Crippen molar-refractivity contribution >= 4 is 14.0 Å². The van der Waals surface area contributed by atoms with Gasteiger partial charge in [0.05, 0.1) is 12.0 Å². The molecule has 1 aliphatic heterocycles. The fraction of sp³-hybridized carbons (Fsp3) is 0.714. The summed E-state index contributed by atoms with van der Waals surface area (Å²) in [6.45, 7) is 10.4. The summed E-state index contributed by atoms with van der Waals surface area (Å²) in [5.41, 5.74) is 0.977. The highest BCUT2D eigenvalue weighted by molar-refractivity contribution is 6.76. The first-order valence-electron chi connectivity index (χ1n) is 7.24. The van der Waals surface area contributed by atoms with Gasteiger partial charge in [-0.1, -0.05) is 19.6 Å². The van der Waals surface area contributed by atoms with Crippen molar-refractivity contribution in [3.05, 3.63) is 18.2 Å². The highest BCUT2D eigenvalue weighted by atomic mass is 28.3. The highest BCUT2D eigenvalue weighted by Crippen LogP contribution is 2.26. The van der Waals surface area contributed by atoms with Gasteiger partial charge in [0, 0.05) is 39.3 Å². The van der Waals surface area contributed by atoms with E-state index in [1.54, 1.807) is 6.33 Å². The molecule has 0 bridgehead atoms. The number of hydrogen-bond donors (Lipinski definition) is 1. The first kappa shape index (κ1) is 15.2. The van der Waals surface area contributed by atoms with E-state index in [4.69, 9.17) is 4.74 Å². The second kappa shape index (κ2) is 6.09. The van der Waals surface area contributed by atoms with Crippen LogP contribution in [-0.2, 0) is 16.3 Å². The molecule has 0 spiro atoms. The van der Waals surface area contributed by atoms with Gasteiger partial charge in [0.15, 0.2) is 0 Å². The van der Waals surface area contributed by atoms with Gasteiger partial charge in [-0.05, 0) is 13.0 Å². The van der Waals surface area contributed by atoms with E-state index in [0.717, 1.165) is 12.3 Å². The summed E-state index contributed by atoms with van der Waals surface area (Å²) in [6, 6.07) is 1.34. The largest absolute Gasteiger partial charge is 0.361 e. The second-order valence-electron chi connectivity index (χ2n) is 6.83. The van der Waals surface area contributed by atoms with Gasteiger partial charge in [0.2, 0.25) is 5.91 Å². The predicted octanol–water partition coefficient (Wildman–Crippen LogP) is 2.19. The van der Waals surface area contributed by atoms with Gasteiger partial charge in [0.25, 0.3) is 0 Å². The van der Waals surface area contributed by atoms with Gasteiger partial charge in [0.1, 0.15) is 6.73 Å². The van der Waals surface area contributed by atoms with Crippen LogP contribution in [0.4, 0.5) is 0 Å². The molecular weight excluding hydrogens is 270 g/mol. The van der Waals surface area contributed by atoms with E-state index in [2.05, 4.69) is 29.9 Å². The quantitative estimate of drug-likeness (QED) is 0.646. The minimum absolute atomic E-state index is 0.114. The molecule has 1 aliphatic rings. The summed E-state index contributed by atoms with van der Waals surface area (Å²) in [4.78, 5) is 15.8. The third-order valence-electron chi connectivity index (χ3n) is 3.67. The third-order valence-corrected chi connectivity index (χ3v) is 5.37. The van der Waals surface area contributed by atoms with Crippen molar-refractivity contribution in [2.75, 3.05) is 6.61 Å². The second-order valence-corrected chi connectivity index (χ2v) is 12.4. The lowest BCUT2D eigenvalue weighted by molar-refractivity contribution is -0.119. The summed E-state index contributed by atoms with van der Waals surface area (Å²) in [5, 5.41) is 2.93. The minimum atomic E-state index is -1.02. The van der Waals surface area contributed by atoms with Gasteiger partial charge in [-0.15, -0.1) is 0 Å². The highest BCUT2D eigenvalue weighted by Gasteiger charge is 2.31. The Labute approximate surface area is 121 Å². The number of ether oxygens (including phenoxy) is 1. The van der Waals surface area contributed by atoms with Crippen molar-refractivity contribution < 1.29 is 9.53 Å². The van der Waals surface area contributed by atoms with Crippen LogP contribution in [0.5, 0.6) is 0 Å². The molecule has 1 aromatic rings. The van der Waals surface area contributed by atoms with Gasteiger partial charge in [-0.25, -0.2) is 4.98 Å². The molecule has 0 saturated carbocycles. The molecule has 0 aromatic carbocycles. The van der Waals surface area contributed by atoms with Crippen molar-refractivity contribution in [2.24, 2.45) is 0 Å². The van der Waals surface area contributed by atoms with Crippen LogP contribution in [0, 0.1) is 0 Å². The molecule has 2 atom stereocenters. The van der Waals surface area contributed by atoms with Crippen LogP contribution in [0.15, 0.2) is 12.5 Å². The molecule has 2 rings (SSSR count). The average molecular weight is 295 g/mol. The van der Waals surface area contributed by atoms with Crippen LogP contribution in [0.1, 0.15) is 25.0 Å². The Hall–Kier alpha value is -1.14. The smallest absolute Gasteiger partial charge is 0.220 e. The molecule has 0 aliphatic carbocycles. The molecule has 1 N–H and O–H groups in total. The number of carbonyl (C=O) groups excluding carboxylic acids is 1. The molecule has 6 heteroatoms. The van der Waals surface area contributed by atoms with Crippen molar-refractivity contribution in [1.29, 1.82) is 0 Å². The number of carbonyl (C=O) groups is 1. The van der Waals surface area contributed by atoms with Crippen molar-refractivity contribution in [2.45, 2.75) is 57.7 Å². The summed E-state index contributed by atoms with van der Waals surface area (Å²) in [7, 11) is -1.02. The van der Waals surface area contributed by atoms with E-state index in [-0.39, 0.29) is 17.9 Å². The van der Waals surface area contributed by atoms with E-state index in [9.17, 15) is 4.79 Å². The zero-order valence-electron chi connectivity index (χ0n) is 12.8. The van der Waals surface area contributed by atoms with Crippen LogP contribution in [0.25, 0.3) is 0 Å². The lowest BCUT2D eigenvalue weighted by atomic mass is 9.99. The van der Waals surface area contributed by atoms with Crippen LogP contribution < -0.4 is 5.32 Å². The molecule has 0 unspecified atom stereocenters. The summed E-state index contributed by atoms with van der Waals surface area (Å²) in [5.74, 6) is 0.300. The summed E-state index contributed by atoms with van der Waals surface area (Å²) in [6.07, 6.45) is 4.32. The lowest BCUT2D eigenvalue weighted by Gasteiger charge is -2.15. The predicted molar refractivity (Wildman–Crippen MR) is 81.3 cm³/mol. The van der Waals surface area contributed by atoms with Gasteiger partial charge < -0.3 is 14.6 Å². The topological polar surface area (TPSA) is 56.2 Å². The summed E-state index contributed by atoms with van der Waals surface area (Å²) < 4.78 is 7.65. The molecular formula is C14H25N3O2Si. The first-order valence-corrected chi connectivity index (χ1v) is 10.9. The molecule has 112 valence electrons. The Balaban J connectivity index is 1.82. The molecule has 1 saturated heterocycles. The Morgan fingerprint density at radius 2 is 2.25 bits per heavy atom. The number of amides is 1. The Bertz CT molecular complexity index is 467. The monoisotopic (exact) mass is 295 g/mol. The molecule has 1 fully saturated rings. The number of rotatable bonds is 6. The SMILES string of the molecule is C[C@@H]1NC(=O)C[C@@H]1c1cn(COCC[Si](C)(C)C)cn1. The van der Waals surface area contributed by atoms with E-state index >= 15 is 0 Å². The minimum Gasteiger partial charge on any atom is -0.361 e. The first-order chi connectivity index (χ1) is 9.35. The van der Waals surface area contributed by atoms with Gasteiger partial charge >= 0.3 is 0 Å². The molecule has 20 heavy (non-hydrogen) atoms. The van der Waals surface area contributed by atoms with Crippen molar-refractivity contribution in [3.8, 4) is 0 Å². The third kappa shape index (κ3) is 4.18. The van der Waals surface area contributed by atoms with E-state index in [1.165, 1.54) is 6.04 Å². The normalized spacial score (nSPS) is 23.1. The molecule has 1 amide bonds. The van der Waals surface area contributed by atoms with Gasteiger partial charge in [-0.2, -0.15) is 0 Å². The van der Waals surface area contributed by atoms with E-state index in [1.807, 2.05) is 17.7 Å². The van der Waals surface area contributed by atoms with Gasteiger partial charge in [-0.3, -0.25) is 4.79 Å². The summed E-state index contributed by atoms with van der Waals surface area (Å²) >= 11 is 0. The number of aromatic nitrogens is 2. The number of nitrogens with zero attached hydrogens (tertiary/aromatic N) is 2. The van der Waals surface area contributed by atoms with E-state index in [0.29, 0.717) is 13.2 Å². The standard InChI is InChI=1S/C14H25N3O2Si/c1-11-12(7-14(18)16-11)13-8-17(9-15-13)10-19-5-6-20(2,3)4/h8-9,11-12H,5-7,10H2,1-4H3,(H,16,18)/t11-,12-/m0/s1. The van der Waals surface area contributed by atoms with E-state index < -0.39 is 8.07 Å². The maximum atomic E-state index is 11.4. The average Bonchev–Trinajstić information content (AvgIpc) is 2.90. The van der Waals surface area contributed by atoms with Crippen LogP contribution >= 0.6 is 0 Å². The van der Waals surface area contributed by atoms with Crippen LogP contribution in [0.3, 0.4) is 0 Å². The fourth-order valence-electron chi connectivity index (χ4n) is 2.34. The molecule has 0 radical (unpaired) electrons. The maximum absolute atomic E-state index is 11.4. The number of nitrogens with one attached hydrogen (secondary N) is 1. The molecule has 5 nitrogen and oxygen atoms in total.